The molecule has 0 aliphatic carbocycles. The van der Waals surface area contributed by atoms with Crippen LogP contribution in [0.15, 0.2) is 66.7 Å². The van der Waals surface area contributed by atoms with Crippen molar-refractivity contribution in [1.29, 1.82) is 0 Å². The van der Waals surface area contributed by atoms with E-state index in [0.29, 0.717) is 17.9 Å². The maximum absolute atomic E-state index is 12.6. The molecule has 172 valence electrons. The summed E-state index contributed by atoms with van der Waals surface area (Å²) in [6.45, 7) is 9.30. The largest absolute Gasteiger partial charge is 0.351 e. The summed E-state index contributed by atoms with van der Waals surface area (Å²) in [5.74, 6) is 0.572. The van der Waals surface area contributed by atoms with Gasteiger partial charge in [0.05, 0.1) is 5.69 Å². The van der Waals surface area contributed by atoms with Crippen LogP contribution < -0.4 is 10.6 Å². The van der Waals surface area contributed by atoms with Crippen LogP contribution in [-0.4, -0.2) is 71.7 Å². The van der Waals surface area contributed by atoms with Crippen LogP contribution in [0, 0.1) is 0 Å². The standard InChI is InChI=1S/C26H32N6O/c1-2-14-31-16-18-32(19-17-31)15-13-27-26(33)22-9-6-10-23(20-22)28-25-12-11-24(29-30-25)21-7-4-3-5-8-21/h3-12,20H,2,13-19H2,1H3,(H,27,33)(H,28,30). The second kappa shape index (κ2) is 11.5. The lowest BCUT2D eigenvalue weighted by Gasteiger charge is -2.34. The zero-order valence-corrected chi connectivity index (χ0v) is 19.2. The van der Waals surface area contributed by atoms with E-state index < -0.39 is 0 Å². The van der Waals surface area contributed by atoms with Gasteiger partial charge in [-0.05, 0) is 43.3 Å². The van der Waals surface area contributed by atoms with Crippen LogP contribution in [0.4, 0.5) is 11.5 Å². The van der Waals surface area contributed by atoms with Crippen molar-refractivity contribution in [2.24, 2.45) is 0 Å². The summed E-state index contributed by atoms with van der Waals surface area (Å²) in [6, 6.07) is 21.2. The van der Waals surface area contributed by atoms with Gasteiger partial charge in [0.15, 0.2) is 5.82 Å². The first-order chi connectivity index (χ1) is 16.2. The molecule has 0 atom stereocenters. The number of carbonyl (C=O) groups is 1. The van der Waals surface area contributed by atoms with Gasteiger partial charge in [0.1, 0.15) is 0 Å². The summed E-state index contributed by atoms with van der Waals surface area (Å²) >= 11 is 0. The van der Waals surface area contributed by atoms with E-state index in [1.165, 1.54) is 13.0 Å². The van der Waals surface area contributed by atoms with Gasteiger partial charge in [-0.3, -0.25) is 9.69 Å². The third-order valence-electron chi connectivity index (χ3n) is 5.85. The molecule has 4 rings (SSSR count). The zero-order valence-electron chi connectivity index (χ0n) is 19.2. The van der Waals surface area contributed by atoms with E-state index in [-0.39, 0.29) is 5.91 Å². The van der Waals surface area contributed by atoms with Crippen LogP contribution in [0.1, 0.15) is 23.7 Å². The van der Waals surface area contributed by atoms with Crippen molar-refractivity contribution in [1.82, 2.24) is 25.3 Å². The quantitative estimate of drug-likeness (QED) is 0.525. The minimum atomic E-state index is -0.0613. The molecule has 2 N–H and O–H groups in total. The molecule has 0 bridgehead atoms. The number of aromatic nitrogens is 2. The molecule has 2 heterocycles. The number of amides is 1. The van der Waals surface area contributed by atoms with E-state index >= 15 is 0 Å². The van der Waals surface area contributed by atoms with Crippen LogP contribution in [-0.2, 0) is 0 Å². The third-order valence-corrected chi connectivity index (χ3v) is 5.85. The normalized spacial score (nSPS) is 14.7. The molecule has 3 aromatic rings. The fourth-order valence-electron chi connectivity index (χ4n) is 4.03. The second-order valence-electron chi connectivity index (χ2n) is 8.31. The Morgan fingerprint density at radius 3 is 2.33 bits per heavy atom. The molecule has 2 aromatic carbocycles. The van der Waals surface area contributed by atoms with E-state index in [1.54, 1.807) is 0 Å². The van der Waals surface area contributed by atoms with Gasteiger partial charge < -0.3 is 15.5 Å². The highest BCUT2D eigenvalue weighted by atomic mass is 16.1. The Morgan fingerprint density at radius 1 is 0.879 bits per heavy atom. The van der Waals surface area contributed by atoms with E-state index in [9.17, 15) is 4.79 Å². The van der Waals surface area contributed by atoms with E-state index in [0.717, 1.165) is 49.7 Å². The van der Waals surface area contributed by atoms with Gasteiger partial charge in [-0.25, -0.2) is 0 Å². The molecular weight excluding hydrogens is 412 g/mol. The van der Waals surface area contributed by atoms with Gasteiger partial charge in [-0.1, -0.05) is 43.3 Å². The van der Waals surface area contributed by atoms with Crippen molar-refractivity contribution in [3.05, 3.63) is 72.3 Å². The average molecular weight is 445 g/mol. The first kappa shape index (κ1) is 22.9. The highest BCUT2D eigenvalue weighted by molar-refractivity contribution is 5.95. The zero-order chi connectivity index (χ0) is 22.9. The fraction of sp³-hybridized carbons (Fsp3) is 0.346. The summed E-state index contributed by atoms with van der Waals surface area (Å²) in [4.78, 5) is 17.6. The van der Waals surface area contributed by atoms with Crippen molar-refractivity contribution < 1.29 is 4.79 Å². The predicted octanol–water partition coefficient (Wildman–Crippen LogP) is 3.64. The molecule has 1 aromatic heterocycles. The van der Waals surface area contributed by atoms with Crippen molar-refractivity contribution in [2.45, 2.75) is 13.3 Å². The smallest absolute Gasteiger partial charge is 0.251 e. The lowest BCUT2D eigenvalue weighted by molar-refractivity contribution is 0.0936. The van der Waals surface area contributed by atoms with Crippen molar-refractivity contribution in [2.75, 3.05) is 51.1 Å². The SMILES string of the molecule is CCCN1CCN(CCNC(=O)c2cccc(Nc3ccc(-c4ccccc4)nn3)c2)CC1. The minimum Gasteiger partial charge on any atom is -0.351 e. The van der Waals surface area contributed by atoms with Crippen LogP contribution in [0.3, 0.4) is 0 Å². The number of carbonyl (C=O) groups excluding carboxylic acids is 1. The highest BCUT2D eigenvalue weighted by Crippen LogP contribution is 2.19. The van der Waals surface area contributed by atoms with Gasteiger partial charge in [0.25, 0.3) is 5.91 Å². The molecule has 0 saturated carbocycles. The highest BCUT2D eigenvalue weighted by Gasteiger charge is 2.16. The van der Waals surface area contributed by atoms with Gasteiger partial charge in [-0.15, -0.1) is 10.2 Å². The Labute approximate surface area is 195 Å². The molecule has 1 fully saturated rings. The number of hydrogen-bond acceptors (Lipinski definition) is 6. The summed E-state index contributed by atoms with van der Waals surface area (Å²) in [7, 11) is 0. The van der Waals surface area contributed by atoms with Gasteiger partial charge in [-0.2, -0.15) is 0 Å². The first-order valence-electron chi connectivity index (χ1n) is 11.7. The summed E-state index contributed by atoms with van der Waals surface area (Å²) < 4.78 is 0. The van der Waals surface area contributed by atoms with Crippen molar-refractivity contribution >= 4 is 17.4 Å². The maximum atomic E-state index is 12.6. The Morgan fingerprint density at radius 2 is 1.64 bits per heavy atom. The molecule has 0 radical (unpaired) electrons. The Hall–Kier alpha value is -3.29. The molecule has 7 heteroatoms. The molecule has 33 heavy (non-hydrogen) atoms. The monoisotopic (exact) mass is 444 g/mol. The molecule has 1 amide bonds. The first-order valence-corrected chi connectivity index (χ1v) is 11.7. The third kappa shape index (κ3) is 6.60. The molecule has 7 nitrogen and oxygen atoms in total. The topological polar surface area (TPSA) is 73.4 Å². The van der Waals surface area contributed by atoms with Crippen molar-refractivity contribution in [3.63, 3.8) is 0 Å². The van der Waals surface area contributed by atoms with Crippen molar-refractivity contribution in [3.8, 4) is 11.3 Å². The fourth-order valence-corrected chi connectivity index (χ4v) is 4.03. The van der Waals surface area contributed by atoms with Gasteiger partial charge >= 0.3 is 0 Å². The Balaban J connectivity index is 1.26. The number of nitrogens with zero attached hydrogens (tertiary/aromatic N) is 4. The maximum Gasteiger partial charge on any atom is 0.251 e. The number of rotatable bonds is 9. The number of piperazine rings is 1. The number of anilines is 2. The van der Waals surface area contributed by atoms with E-state index in [2.05, 4.69) is 37.6 Å². The molecule has 0 unspecified atom stereocenters. The van der Waals surface area contributed by atoms with Gasteiger partial charge in [0.2, 0.25) is 0 Å². The van der Waals surface area contributed by atoms with Crippen LogP contribution >= 0.6 is 0 Å². The molecule has 1 aliphatic heterocycles. The number of nitrogens with one attached hydrogen (secondary N) is 2. The van der Waals surface area contributed by atoms with Crippen LogP contribution in [0.2, 0.25) is 0 Å². The predicted molar refractivity (Wildman–Crippen MR) is 133 cm³/mol. The lowest BCUT2D eigenvalue weighted by atomic mass is 10.1. The number of hydrogen-bond donors (Lipinski definition) is 2. The Kier molecular flexibility index (Phi) is 8.00. The van der Waals surface area contributed by atoms with E-state index in [1.807, 2.05) is 66.7 Å². The van der Waals surface area contributed by atoms with E-state index in [4.69, 9.17) is 0 Å². The Bertz CT molecular complexity index is 1020. The molecule has 1 saturated heterocycles. The molecular formula is C26H32N6O. The molecule has 0 spiro atoms. The average Bonchev–Trinajstić information content (AvgIpc) is 2.86. The van der Waals surface area contributed by atoms with Gasteiger partial charge in [0, 0.05) is 56.1 Å². The number of benzene rings is 2. The molecule has 1 aliphatic rings. The lowest BCUT2D eigenvalue weighted by Crippen LogP contribution is -2.48. The second-order valence-corrected chi connectivity index (χ2v) is 8.31. The summed E-state index contributed by atoms with van der Waals surface area (Å²) in [6.07, 6.45) is 1.20. The minimum absolute atomic E-state index is 0.0613. The van der Waals surface area contributed by atoms with Crippen LogP contribution in [0.25, 0.3) is 11.3 Å². The van der Waals surface area contributed by atoms with Crippen LogP contribution in [0.5, 0.6) is 0 Å². The summed E-state index contributed by atoms with van der Waals surface area (Å²) in [5, 5.41) is 14.9. The summed E-state index contributed by atoms with van der Waals surface area (Å²) in [5.41, 5.74) is 3.28.